The number of esters is 2. The summed E-state index contributed by atoms with van der Waals surface area (Å²) in [4.78, 5) is 23.1. The average molecular weight is 417 g/mol. The molecule has 2 aliphatic rings. The van der Waals surface area contributed by atoms with E-state index >= 15 is 0 Å². The summed E-state index contributed by atoms with van der Waals surface area (Å²) in [6.45, 7) is 4.62. The third kappa shape index (κ3) is 5.09. The molecule has 0 bridgehead atoms. The van der Waals surface area contributed by atoms with Crippen LogP contribution in [-0.2, 0) is 58.8 Å². The molecule has 30 heavy (non-hydrogen) atoms. The third-order valence-electron chi connectivity index (χ3n) is 5.77. The van der Waals surface area contributed by atoms with Gasteiger partial charge in [0.05, 0.1) is 36.9 Å². The van der Waals surface area contributed by atoms with Crippen LogP contribution in [0.1, 0.15) is 49.2 Å². The Bertz CT molecular complexity index is 866. The van der Waals surface area contributed by atoms with Gasteiger partial charge in [-0.2, -0.15) is 10.2 Å². The summed E-state index contributed by atoms with van der Waals surface area (Å²) in [6.07, 6.45) is 8.98. The molecule has 2 heterocycles. The van der Waals surface area contributed by atoms with Gasteiger partial charge in [0.2, 0.25) is 0 Å². The molecular weight excluding hydrogens is 384 g/mol. The van der Waals surface area contributed by atoms with Gasteiger partial charge in [-0.1, -0.05) is 0 Å². The highest BCUT2D eigenvalue weighted by atomic mass is 16.5. The fourth-order valence-electron chi connectivity index (χ4n) is 4.25. The number of hydrogen-bond acceptors (Lipinski definition) is 6. The Balaban J connectivity index is 0.000000171. The van der Waals surface area contributed by atoms with Gasteiger partial charge in [0.25, 0.3) is 0 Å². The minimum Gasteiger partial charge on any atom is -0.466 e. The monoisotopic (exact) mass is 416 g/mol. The lowest BCUT2D eigenvalue weighted by Crippen LogP contribution is -2.24. The number of hydrogen-bond donors (Lipinski definition) is 0. The first-order valence-electron chi connectivity index (χ1n) is 10.8. The van der Waals surface area contributed by atoms with Gasteiger partial charge in [0.1, 0.15) is 0 Å². The number of ether oxygens (including phenoxy) is 2. The van der Waals surface area contributed by atoms with Crippen LogP contribution in [0.3, 0.4) is 0 Å². The second-order valence-corrected chi connectivity index (χ2v) is 7.90. The molecule has 0 radical (unpaired) electrons. The summed E-state index contributed by atoms with van der Waals surface area (Å²) in [5.41, 5.74) is 4.79. The smallest absolute Gasteiger partial charge is 0.309 e. The van der Waals surface area contributed by atoms with E-state index in [-0.39, 0.29) is 23.8 Å². The molecule has 2 aromatic rings. The summed E-state index contributed by atoms with van der Waals surface area (Å²) in [5, 5.41) is 8.56. The summed E-state index contributed by atoms with van der Waals surface area (Å²) in [5.74, 6) is -0.0673. The van der Waals surface area contributed by atoms with Crippen molar-refractivity contribution in [2.45, 2.75) is 52.4 Å². The molecule has 0 aliphatic heterocycles. The quantitative estimate of drug-likeness (QED) is 0.710. The van der Waals surface area contributed by atoms with E-state index in [2.05, 4.69) is 10.2 Å². The van der Waals surface area contributed by atoms with Gasteiger partial charge in [-0.3, -0.25) is 19.0 Å². The molecule has 4 rings (SSSR count). The Hall–Kier alpha value is -2.64. The van der Waals surface area contributed by atoms with Crippen LogP contribution in [0.2, 0.25) is 0 Å². The van der Waals surface area contributed by atoms with Crippen molar-refractivity contribution in [3.8, 4) is 0 Å². The van der Waals surface area contributed by atoms with Crippen molar-refractivity contribution in [3.05, 3.63) is 34.9 Å². The molecule has 0 spiro atoms. The third-order valence-corrected chi connectivity index (χ3v) is 5.77. The molecule has 164 valence electrons. The zero-order valence-electron chi connectivity index (χ0n) is 18.4. The zero-order valence-corrected chi connectivity index (χ0v) is 18.4. The van der Waals surface area contributed by atoms with Crippen molar-refractivity contribution in [3.63, 3.8) is 0 Å². The molecule has 0 N–H and O–H groups in total. The molecule has 8 heteroatoms. The first-order chi connectivity index (χ1) is 14.4. The molecule has 8 nitrogen and oxygen atoms in total. The van der Waals surface area contributed by atoms with Crippen LogP contribution in [-0.4, -0.2) is 44.7 Å². The number of carbonyl (C=O) groups excluding carboxylic acids is 2. The number of fused-ring (bicyclic) bond motifs is 2. The normalized spacial score (nSPS) is 19.7. The summed E-state index contributed by atoms with van der Waals surface area (Å²) >= 11 is 0. The minimum absolute atomic E-state index is 0.0293. The Labute approximate surface area is 177 Å². The van der Waals surface area contributed by atoms with Gasteiger partial charge < -0.3 is 9.47 Å². The minimum atomic E-state index is -0.0630. The number of nitrogens with zero attached hydrogens (tertiary/aromatic N) is 4. The first-order valence-corrected chi connectivity index (χ1v) is 10.8. The number of carbonyl (C=O) groups is 2. The highest BCUT2D eigenvalue weighted by Gasteiger charge is 2.28. The Morgan fingerprint density at radius 1 is 1.00 bits per heavy atom. The van der Waals surface area contributed by atoms with Crippen molar-refractivity contribution in [1.29, 1.82) is 0 Å². The molecule has 2 aliphatic carbocycles. The van der Waals surface area contributed by atoms with Crippen LogP contribution in [0.25, 0.3) is 0 Å². The van der Waals surface area contributed by atoms with E-state index in [9.17, 15) is 9.59 Å². The molecule has 0 saturated heterocycles. The second-order valence-electron chi connectivity index (χ2n) is 7.90. The van der Waals surface area contributed by atoms with Crippen molar-refractivity contribution in [2.75, 3.05) is 13.2 Å². The van der Waals surface area contributed by atoms with Gasteiger partial charge in [0, 0.05) is 26.0 Å². The maximum absolute atomic E-state index is 11.6. The maximum atomic E-state index is 11.6. The van der Waals surface area contributed by atoms with E-state index in [1.54, 1.807) is 0 Å². The van der Waals surface area contributed by atoms with Gasteiger partial charge >= 0.3 is 11.9 Å². The predicted octanol–water partition coefficient (Wildman–Crippen LogP) is 2.18. The van der Waals surface area contributed by atoms with E-state index in [1.807, 2.05) is 49.7 Å². The Morgan fingerprint density at radius 2 is 1.60 bits per heavy atom. The van der Waals surface area contributed by atoms with E-state index in [1.165, 1.54) is 16.8 Å². The van der Waals surface area contributed by atoms with E-state index in [0.29, 0.717) is 13.2 Å². The van der Waals surface area contributed by atoms with Gasteiger partial charge in [-0.25, -0.2) is 0 Å². The van der Waals surface area contributed by atoms with Crippen LogP contribution in [0.4, 0.5) is 0 Å². The Morgan fingerprint density at radius 3 is 2.23 bits per heavy atom. The fourth-order valence-corrected chi connectivity index (χ4v) is 4.25. The number of aryl methyl sites for hydroxylation is 3. The SMILES string of the molecule is CCOC(=O)C1CCc2c(cnn2C)C1.CCOC(=O)C1CCc2nn(C)cc2C1. The van der Waals surface area contributed by atoms with E-state index in [4.69, 9.17) is 9.47 Å². The lowest BCUT2D eigenvalue weighted by molar-refractivity contribution is -0.149. The van der Waals surface area contributed by atoms with Crippen LogP contribution in [0, 0.1) is 11.8 Å². The summed E-state index contributed by atoms with van der Waals surface area (Å²) < 4.78 is 13.8. The predicted molar refractivity (Wildman–Crippen MR) is 111 cm³/mol. The molecule has 0 fully saturated rings. The van der Waals surface area contributed by atoms with Crippen LogP contribution in [0.15, 0.2) is 12.4 Å². The van der Waals surface area contributed by atoms with Crippen molar-refractivity contribution in [2.24, 2.45) is 25.9 Å². The van der Waals surface area contributed by atoms with E-state index < -0.39 is 0 Å². The number of rotatable bonds is 4. The zero-order chi connectivity index (χ0) is 21.7. The molecule has 2 aromatic heterocycles. The van der Waals surface area contributed by atoms with Crippen molar-refractivity contribution in [1.82, 2.24) is 19.6 Å². The first kappa shape index (κ1) is 22.1. The highest BCUT2D eigenvalue weighted by Crippen LogP contribution is 2.26. The lowest BCUT2D eigenvalue weighted by Gasteiger charge is -2.20. The largest absolute Gasteiger partial charge is 0.466 e. The lowest BCUT2D eigenvalue weighted by atomic mass is 9.88. The molecule has 2 unspecified atom stereocenters. The Kier molecular flexibility index (Phi) is 7.29. The van der Waals surface area contributed by atoms with Gasteiger partial charge in [-0.05, 0) is 63.5 Å². The summed E-state index contributed by atoms with van der Waals surface area (Å²) in [7, 11) is 3.86. The van der Waals surface area contributed by atoms with Gasteiger partial charge in [0.15, 0.2) is 0 Å². The molecule has 2 atom stereocenters. The molecule has 0 amide bonds. The maximum Gasteiger partial charge on any atom is 0.309 e. The molecule has 0 aromatic carbocycles. The molecule has 0 saturated carbocycles. The van der Waals surface area contributed by atoms with Crippen LogP contribution in [0.5, 0.6) is 0 Å². The topological polar surface area (TPSA) is 88.2 Å². The van der Waals surface area contributed by atoms with Gasteiger partial charge in [-0.15, -0.1) is 0 Å². The molecular formula is C22H32N4O4. The highest BCUT2D eigenvalue weighted by molar-refractivity contribution is 5.73. The standard InChI is InChI=1S/2C11H16N2O2/c1-3-15-11(14)8-4-5-10-9(6-8)7-13(2)12-10;1-3-15-11(14)8-4-5-10-9(6-8)7-12-13(10)2/h2*7-8H,3-6H2,1-2H3. The fraction of sp³-hybridized carbons (Fsp3) is 0.636. The summed E-state index contributed by atoms with van der Waals surface area (Å²) in [6, 6.07) is 0. The average Bonchev–Trinajstić information content (AvgIpc) is 3.29. The van der Waals surface area contributed by atoms with Crippen LogP contribution < -0.4 is 0 Å². The van der Waals surface area contributed by atoms with Crippen molar-refractivity contribution >= 4 is 11.9 Å². The number of aromatic nitrogens is 4. The van der Waals surface area contributed by atoms with Crippen LogP contribution >= 0.6 is 0 Å². The van der Waals surface area contributed by atoms with Crippen molar-refractivity contribution < 1.29 is 19.1 Å². The second kappa shape index (κ2) is 9.91. The van der Waals surface area contributed by atoms with E-state index in [0.717, 1.165) is 44.2 Å².